The minimum Gasteiger partial charge on any atom is -0.361 e. The number of aromatic nitrogens is 1. The Balaban J connectivity index is 0.00000180. The van der Waals surface area contributed by atoms with E-state index in [1.165, 1.54) is 0 Å². The molecule has 0 saturated heterocycles. The zero-order valence-corrected chi connectivity index (χ0v) is 12.0. The van der Waals surface area contributed by atoms with Crippen LogP contribution in [0.1, 0.15) is 20.3 Å². The molecule has 19 heavy (non-hydrogen) atoms. The van der Waals surface area contributed by atoms with Crippen molar-refractivity contribution in [1.82, 2.24) is 4.98 Å². The number of nitrogens with one attached hydrogen (secondary N) is 2. The highest BCUT2D eigenvalue weighted by atomic mass is 35.5. The number of amides is 1. The van der Waals surface area contributed by atoms with E-state index in [2.05, 4.69) is 24.1 Å². The van der Waals surface area contributed by atoms with Crippen LogP contribution in [0.2, 0.25) is 0 Å². The van der Waals surface area contributed by atoms with Crippen molar-refractivity contribution >= 4 is 34.9 Å². The number of H-pyrrole nitrogens is 1. The summed E-state index contributed by atoms with van der Waals surface area (Å²) in [6.45, 7) is 4.11. The fraction of sp³-hybridized carbons (Fsp3) is 0.357. The number of fused-ring (bicyclic) bond motifs is 1. The van der Waals surface area contributed by atoms with Gasteiger partial charge in [-0.1, -0.05) is 13.8 Å². The van der Waals surface area contributed by atoms with Gasteiger partial charge in [-0.05, 0) is 36.6 Å². The van der Waals surface area contributed by atoms with Gasteiger partial charge in [0.1, 0.15) is 0 Å². The van der Waals surface area contributed by atoms with Crippen molar-refractivity contribution in [3.8, 4) is 0 Å². The molecule has 0 radical (unpaired) electrons. The molecule has 1 aromatic carbocycles. The third-order valence-corrected chi connectivity index (χ3v) is 2.88. The Morgan fingerprint density at radius 3 is 2.79 bits per heavy atom. The Bertz CT molecular complexity index is 550. The number of nitrogens with two attached hydrogens (primary N) is 1. The second-order valence-corrected chi connectivity index (χ2v) is 5.00. The van der Waals surface area contributed by atoms with Gasteiger partial charge in [0, 0.05) is 22.8 Å². The topological polar surface area (TPSA) is 70.9 Å². The summed E-state index contributed by atoms with van der Waals surface area (Å²) >= 11 is 0. The van der Waals surface area contributed by atoms with Crippen LogP contribution in [0, 0.1) is 5.92 Å². The molecule has 4 nitrogen and oxygen atoms in total. The van der Waals surface area contributed by atoms with Crippen LogP contribution in [0.5, 0.6) is 0 Å². The molecule has 1 amide bonds. The zero-order chi connectivity index (χ0) is 13.1. The van der Waals surface area contributed by atoms with Crippen molar-refractivity contribution in [2.45, 2.75) is 26.3 Å². The molecule has 0 bridgehead atoms. The van der Waals surface area contributed by atoms with E-state index < -0.39 is 6.04 Å². The minimum absolute atomic E-state index is 0. The van der Waals surface area contributed by atoms with E-state index in [1.807, 2.05) is 30.5 Å². The highest BCUT2D eigenvalue weighted by Gasteiger charge is 2.15. The van der Waals surface area contributed by atoms with Gasteiger partial charge in [0.25, 0.3) is 0 Å². The number of aromatic amines is 1. The predicted octanol–water partition coefficient (Wildman–Crippen LogP) is 2.90. The number of carbonyl (C=O) groups is 1. The van der Waals surface area contributed by atoms with Gasteiger partial charge in [-0.25, -0.2) is 0 Å². The summed E-state index contributed by atoms with van der Waals surface area (Å²) in [5, 5.41) is 3.93. The number of carbonyl (C=O) groups excluding carboxylic acids is 1. The summed E-state index contributed by atoms with van der Waals surface area (Å²) in [7, 11) is 0. The molecule has 1 heterocycles. The molecule has 4 N–H and O–H groups in total. The standard InChI is InChI=1S/C14H19N3O.ClH/c1-9(2)7-12(15)14(18)17-11-3-4-13-10(8-11)5-6-16-13;/h3-6,8-9,12,16H,7,15H2,1-2H3,(H,17,18);1H/t12-;/m0./s1. The quantitative estimate of drug-likeness (QED) is 0.806. The average molecular weight is 282 g/mol. The lowest BCUT2D eigenvalue weighted by atomic mass is 10.0. The first-order chi connectivity index (χ1) is 8.56. The van der Waals surface area contributed by atoms with E-state index >= 15 is 0 Å². The first-order valence-electron chi connectivity index (χ1n) is 6.20. The largest absolute Gasteiger partial charge is 0.361 e. The second-order valence-electron chi connectivity index (χ2n) is 5.00. The molecule has 2 rings (SSSR count). The lowest BCUT2D eigenvalue weighted by Gasteiger charge is -2.14. The van der Waals surface area contributed by atoms with Crippen molar-refractivity contribution < 1.29 is 4.79 Å². The number of hydrogen-bond acceptors (Lipinski definition) is 2. The SMILES string of the molecule is CC(C)C[C@H](N)C(=O)Nc1ccc2[nH]ccc2c1.Cl. The molecule has 2 aromatic rings. The Kier molecular flexibility index (Phi) is 5.39. The van der Waals surface area contributed by atoms with Gasteiger partial charge in [0.05, 0.1) is 6.04 Å². The number of halogens is 1. The normalized spacial score (nSPS) is 12.2. The third kappa shape index (κ3) is 3.98. The Hall–Kier alpha value is -1.52. The maximum Gasteiger partial charge on any atom is 0.241 e. The van der Waals surface area contributed by atoms with Crippen LogP contribution in [0.4, 0.5) is 5.69 Å². The lowest BCUT2D eigenvalue weighted by molar-refractivity contribution is -0.117. The zero-order valence-electron chi connectivity index (χ0n) is 11.1. The van der Waals surface area contributed by atoms with Crippen LogP contribution in [-0.4, -0.2) is 16.9 Å². The Morgan fingerprint density at radius 1 is 1.37 bits per heavy atom. The van der Waals surface area contributed by atoms with E-state index in [0.717, 1.165) is 16.6 Å². The van der Waals surface area contributed by atoms with E-state index in [0.29, 0.717) is 12.3 Å². The molecule has 0 fully saturated rings. The molecule has 1 aromatic heterocycles. The number of rotatable bonds is 4. The number of benzene rings is 1. The van der Waals surface area contributed by atoms with Gasteiger partial charge in [0.15, 0.2) is 0 Å². The Morgan fingerprint density at radius 2 is 2.11 bits per heavy atom. The van der Waals surface area contributed by atoms with Crippen LogP contribution in [-0.2, 0) is 4.79 Å². The summed E-state index contributed by atoms with van der Waals surface area (Å²) in [5.74, 6) is 0.288. The van der Waals surface area contributed by atoms with Crippen LogP contribution in [0.15, 0.2) is 30.5 Å². The summed E-state index contributed by atoms with van der Waals surface area (Å²) in [6.07, 6.45) is 2.57. The number of anilines is 1. The lowest BCUT2D eigenvalue weighted by Crippen LogP contribution is -2.36. The molecule has 1 atom stereocenters. The average Bonchev–Trinajstić information content (AvgIpc) is 2.75. The van der Waals surface area contributed by atoms with Crippen LogP contribution in [0.3, 0.4) is 0 Å². The van der Waals surface area contributed by atoms with Gasteiger partial charge in [-0.3, -0.25) is 4.79 Å². The van der Waals surface area contributed by atoms with Crippen LogP contribution >= 0.6 is 12.4 Å². The summed E-state index contributed by atoms with van der Waals surface area (Å²) in [6, 6.07) is 7.27. The van der Waals surface area contributed by atoms with Gasteiger partial charge in [-0.15, -0.1) is 12.4 Å². The van der Waals surface area contributed by atoms with E-state index in [-0.39, 0.29) is 18.3 Å². The van der Waals surface area contributed by atoms with Crippen LogP contribution in [0.25, 0.3) is 10.9 Å². The van der Waals surface area contributed by atoms with E-state index in [9.17, 15) is 4.79 Å². The smallest absolute Gasteiger partial charge is 0.241 e. The summed E-state index contributed by atoms with van der Waals surface area (Å²) in [5.41, 5.74) is 7.68. The maximum atomic E-state index is 11.9. The molecule has 0 aliphatic heterocycles. The molecular formula is C14H20ClN3O. The summed E-state index contributed by atoms with van der Waals surface area (Å²) < 4.78 is 0. The summed E-state index contributed by atoms with van der Waals surface area (Å²) in [4.78, 5) is 15.0. The molecule has 104 valence electrons. The Labute approximate surface area is 119 Å². The van der Waals surface area contributed by atoms with E-state index in [4.69, 9.17) is 5.73 Å². The molecular weight excluding hydrogens is 262 g/mol. The fourth-order valence-corrected chi connectivity index (χ4v) is 1.98. The minimum atomic E-state index is -0.452. The van der Waals surface area contributed by atoms with Crippen molar-refractivity contribution in [3.05, 3.63) is 30.5 Å². The first-order valence-corrected chi connectivity index (χ1v) is 6.20. The highest BCUT2D eigenvalue weighted by molar-refractivity contribution is 5.96. The molecule has 5 heteroatoms. The second kappa shape index (κ2) is 6.59. The third-order valence-electron chi connectivity index (χ3n) is 2.88. The maximum absolute atomic E-state index is 11.9. The van der Waals surface area contributed by atoms with Gasteiger partial charge in [-0.2, -0.15) is 0 Å². The molecule has 0 saturated carbocycles. The van der Waals surface area contributed by atoms with Gasteiger partial charge < -0.3 is 16.0 Å². The van der Waals surface area contributed by atoms with Crippen molar-refractivity contribution in [1.29, 1.82) is 0 Å². The van der Waals surface area contributed by atoms with Crippen molar-refractivity contribution in [3.63, 3.8) is 0 Å². The fourth-order valence-electron chi connectivity index (χ4n) is 1.98. The van der Waals surface area contributed by atoms with Crippen molar-refractivity contribution in [2.75, 3.05) is 5.32 Å². The first kappa shape index (κ1) is 15.5. The van der Waals surface area contributed by atoms with Crippen LogP contribution < -0.4 is 11.1 Å². The predicted molar refractivity (Wildman–Crippen MR) is 81.6 cm³/mol. The molecule has 0 unspecified atom stereocenters. The molecule has 0 aliphatic carbocycles. The molecule has 0 aliphatic rings. The molecule has 0 spiro atoms. The monoisotopic (exact) mass is 281 g/mol. The number of hydrogen-bond donors (Lipinski definition) is 3. The van der Waals surface area contributed by atoms with E-state index in [1.54, 1.807) is 0 Å². The highest BCUT2D eigenvalue weighted by Crippen LogP contribution is 2.18. The van der Waals surface area contributed by atoms with Gasteiger partial charge >= 0.3 is 0 Å². The van der Waals surface area contributed by atoms with Crippen molar-refractivity contribution in [2.24, 2.45) is 11.7 Å². The van der Waals surface area contributed by atoms with Gasteiger partial charge in [0.2, 0.25) is 5.91 Å².